The Morgan fingerprint density at radius 1 is 1.33 bits per heavy atom. The second kappa shape index (κ2) is 8.83. The molecule has 5 heteroatoms. The Morgan fingerprint density at radius 2 is 2.12 bits per heavy atom. The number of hydrogen-bond donors (Lipinski definition) is 3. The number of rotatable bonds is 6. The van der Waals surface area contributed by atoms with E-state index in [9.17, 15) is 9.59 Å². The van der Waals surface area contributed by atoms with Gasteiger partial charge in [-0.05, 0) is 56.8 Å². The average molecular weight is 331 g/mol. The lowest BCUT2D eigenvalue weighted by atomic mass is 9.98. The van der Waals surface area contributed by atoms with Crippen molar-refractivity contribution in [3.05, 3.63) is 35.4 Å². The highest BCUT2D eigenvalue weighted by molar-refractivity contribution is 5.97. The predicted molar refractivity (Wildman–Crippen MR) is 95.9 cm³/mol. The van der Waals surface area contributed by atoms with Crippen LogP contribution >= 0.6 is 0 Å². The third-order valence-corrected chi connectivity index (χ3v) is 4.48. The van der Waals surface area contributed by atoms with Crippen LogP contribution in [-0.4, -0.2) is 37.5 Å². The molecule has 1 fully saturated rings. The first kappa shape index (κ1) is 18.5. The highest BCUT2D eigenvalue weighted by atomic mass is 16.2. The van der Waals surface area contributed by atoms with Crippen molar-refractivity contribution >= 4 is 11.8 Å². The van der Waals surface area contributed by atoms with E-state index in [1.807, 2.05) is 39.0 Å². The van der Waals surface area contributed by atoms with Gasteiger partial charge in [-0.25, -0.2) is 0 Å². The number of carbonyl (C=O) groups is 2. The summed E-state index contributed by atoms with van der Waals surface area (Å²) < 4.78 is 0. The molecule has 1 aliphatic rings. The van der Waals surface area contributed by atoms with Gasteiger partial charge in [0.1, 0.15) is 6.04 Å². The molecule has 0 spiro atoms. The van der Waals surface area contributed by atoms with Crippen LogP contribution in [-0.2, 0) is 4.79 Å². The largest absolute Gasteiger partial charge is 0.354 e. The summed E-state index contributed by atoms with van der Waals surface area (Å²) in [6.07, 6.45) is 2.29. The molecule has 1 saturated heterocycles. The van der Waals surface area contributed by atoms with Crippen LogP contribution in [0, 0.1) is 18.8 Å². The molecule has 2 unspecified atom stereocenters. The monoisotopic (exact) mass is 331 g/mol. The van der Waals surface area contributed by atoms with Crippen LogP contribution in [0.4, 0.5) is 0 Å². The Hall–Kier alpha value is -1.88. The van der Waals surface area contributed by atoms with Crippen LogP contribution in [0.15, 0.2) is 24.3 Å². The van der Waals surface area contributed by atoms with Gasteiger partial charge in [0.05, 0.1) is 0 Å². The van der Waals surface area contributed by atoms with Gasteiger partial charge in [0.15, 0.2) is 0 Å². The summed E-state index contributed by atoms with van der Waals surface area (Å²) in [5, 5.41) is 9.24. The topological polar surface area (TPSA) is 70.2 Å². The molecule has 5 nitrogen and oxygen atoms in total. The van der Waals surface area contributed by atoms with Crippen LogP contribution in [0.1, 0.15) is 42.6 Å². The Labute approximate surface area is 144 Å². The van der Waals surface area contributed by atoms with Gasteiger partial charge < -0.3 is 16.0 Å². The fraction of sp³-hybridized carbons (Fsp3) is 0.579. The van der Waals surface area contributed by atoms with Crippen molar-refractivity contribution in [1.82, 2.24) is 16.0 Å². The Balaban J connectivity index is 1.92. The number of aryl methyl sites for hydroxylation is 1. The predicted octanol–water partition coefficient (Wildman–Crippen LogP) is 1.87. The van der Waals surface area contributed by atoms with Crippen molar-refractivity contribution < 1.29 is 9.59 Å². The van der Waals surface area contributed by atoms with Crippen molar-refractivity contribution in [3.8, 4) is 0 Å². The van der Waals surface area contributed by atoms with Gasteiger partial charge in [-0.1, -0.05) is 31.5 Å². The van der Waals surface area contributed by atoms with E-state index in [4.69, 9.17) is 0 Å². The maximum Gasteiger partial charge on any atom is 0.251 e. The first-order valence-corrected chi connectivity index (χ1v) is 8.83. The van der Waals surface area contributed by atoms with Crippen molar-refractivity contribution in [2.24, 2.45) is 11.8 Å². The van der Waals surface area contributed by atoms with Gasteiger partial charge in [0.25, 0.3) is 5.91 Å². The lowest BCUT2D eigenvalue weighted by Crippen LogP contribution is -2.51. The summed E-state index contributed by atoms with van der Waals surface area (Å²) in [7, 11) is 0. The quantitative estimate of drug-likeness (QED) is 0.745. The third-order valence-electron chi connectivity index (χ3n) is 4.48. The van der Waals surface area contributed by atoms with E-state index in [1.54, 1.807) is 6.07 Å². The number of carbonyl (C=O) groups excluding carboxylic acids is 2. The summed E-state index contributed by atoms with van der Waals surface area (Å²) >= 11 is 0. The number of nitrogens with one attached hydrogen (secondary N) is 3. The van der Waals surface area contributed by atoms with Crippen LogP contribution in [0.25, 0.3) is 0 Å². The number of hydrogen-bond acceptors (Lipinski definition) is 3. The van der Waals surface area contributed by atoms with E-state index >= 15 is 0 Å². The van der Waals surface area contributed by atoms with Gasteiger partial charge in [0.2, 0.25) is 5.91 Å². The van der Waals surface area contributed by atoms with Gasteiger partial charge in [-0.15, -0.1) is 0 Å². The molecule has 0 bridgehead atoms. The molecule has 1 heterocycles. The Morgan fingerprint density at radius 3 is 2.75 bits per heavy atom. The van der Waals surface area contributed by atoms with Gasteiger partial charge in [-0.2, -0.15) is 0 Å². The molecular formula is C19H29N3O2. The summed E-state index contributed by atoms with van der Waals surface area (Å²) in [5.74, 6) is 0.203. The molecular weight excluding hydrogens is 302 g/mol. The van der Waals surface area contributed by atoms with Crippen molar-refractivity contribution in [3.63, 3.8) is 0 Å². The molecule has 2 rings (SSSR count). The maximum absolute atomic E-state index is 12.5. The molecule has 0 aromatic heterocycles. The number of benzene rings is 1. The van der Waals surface area contributed by atoms with Crippen LogP contribution in [0.3, 0.4) is 0 Å². The van der Waals surface area contributed by atoms with E-state index in [0.29, 0.717) is 18.0 Å². The molecule has 3 N–H and O–H groups in total. The van der Waals surface area contributed by atoms with E-state index < -0.39 is 6.04 Å². The molecule has 0 radical (unpaired) electrons. The summed E-state index contributed by atoms with van der Waals surface area (Å²) in [5.41, 5.74) is 1.61. The van der Waals surface area contributed by atoms with E-state index in [-0.39, 0.29) is 17.7 Å². The zero-order valence-electron chi connectivity index (χ0n) is 14.9. The van der Waals surface area contributed by atoms with E-state index in [2.05, 4.69) is 16.0 Å². The molecule has 0 saturated carbocycles. The zero-order valence-corrected chi connectivity index (χ0v) is 14.9. The van der Waals surface area contributed by atoms with Gasteiger partial charge >= 0.3 is 0 Å². The molecule has 132 valence electrons. The molecule has 1 aromatic carbocycles. The van der Waals surface area contributed by atoms with Crippen LogP contribution in [0.5, 0.6) is 0 Å². The normalized spacial score (nSPS) is 18.9. The number of amides is 2. The van der Waals surface area contributed by atoms with Crippen LogP contribution in [0.2, 0.25) is 0 Å². The van der Waals surface area contributed by atoms with E-state index in [0.717, 1.165) is 31.5 Å². The first-order chi connectivity index (χ1) is 11.5. The smallest absolute Gasteiger partial charge is 0.251 e. The minimum Gasteiger partial charge on any atom is -0.354 e. The van der Waals surface area contributed by atoms with E-state index in [1.165, 1.54) is 0 Å². The fourth-order valence-electron chi connectivity index (χ4n) is 3.00. The lowest BCUT2D eigenvalue weighted by molar-refractivity contribution is -0.124. The minimum absolute atomic E-state index is 0.0308. The van der Waals surface area contributed by atoms with Crippen molar-refractivity contribution in [1.29, 1.82) is 0 Å². The standard InChI is InChI=1S/C19H29N3O2/c1-13(2)17(19(24)21-12-15-7-5-9-20-11-15)22-18(23)16-8-4-6-14(3)10-16/h4,6,8,10,13,15,17,20H,5,7,9,11-12H2,1-3H3,(H,21,24)(H,22,23). The molecule has 2 amide bonds. The first-order valence-electron chi connectivity index (χ1n) is 8.83. The van der Waals surface area contributed by atoms with Crippen molar-refractivity contribution in [2.45, 2.75) is 39.7 Å². The molecule has 1 aliphatic heterocycles. The summed E-state index contributed by atoms with van der Waals surface area (Å²) in [6, 6.07) is 6.88. The molecule has 2 atom stereocenters. The minimum atomic E-state index is -0.519. The molecule has 24 heavy (non-hydrogen) atoms. The van der Waals surface area contributed by atoms with Crippen LogP contribution < -0.4 is 16.0 Å². The second-order valence-electron chi connectivity index (χ2n) is 7.02. The summed E-state index contributed by atoms with van der Waals surface area (Å²) in [6.45, 7) is 8.51. The molecule has 0 aliphatic carbocycles. The summed E-state index contributed by atoms with van der Waals surface area (Å²) in [4.78, 5) is 24.9. The average Bonchev–Trinajstić information content (AvgIpc) is 2.58. The Bertz CT molecular complexity index is 565. The van der Waals surface area contributed by atoms with Crippen molar-refractivity contribution in [2.75, 3.05) is 19.6 Å². The zero-order chi connectivity index (χ0) is 17.5. The fourth-order valence-corrected chi connectivity index (χ4v) is 3.00. The third kappa shape index (κ3) is 5.34. The maximum atomic E-state index is 12.5. The SMILES string of the molecule is Cc1cccc(C(=O)NC(C(=O)NCC2CCCNC2)C(C)C)c1. The van der Waals surface area contributed by atoms with Gasteiger partial charge in [0, 0.05) is 12.1 Å². The highest BCUT2D eigenvalue weighted by Crippen LogP contribution is 2.10. The lowest BCUT2D eigenvalue weighted by Gasteiger charge is -2.26. The molecule has 1 aromatic rings. The highest BCUT2D eigenvalue weighted by Gasteiger charge is 2.25. The Kier molecular flexibility index (Phi) is 6.79. The number of piperidine rings is 1. The second-order valence-corrected chi connectivity index (χ2v) is 7.02. The van der Waals surface area contributed by atoms with Gasteiger partial charge in [-0.3, -0.25) is 9.59 Å².